The van der Waals surface area contributed by atoms with Crippen molar-refractivity contribution in [3.63, 3.8) is 0 Å². The van der Waals surface area contributed by atoms with Crippen LogP contribution >= 0.6 is 0 Å². The standard InChI is InChI=1S/C24H24F3N3O6/c1-11-3-4-24(35-10-12(2)36-24)18-9-29(11)23(34)19-21(32)20(31)15(8-30(18)19)22(33)28-7-14-16(26)5-13(25)6-17(14)27/h5-6,8,11-12,18,32H,3-4,7,9-10H2,1-2H3,(H,28,33)/t11-,12+,18+,24-/m0/s1. The van der Waals surface area contributed by atoms with E-state index in [1.807, 2.05) is 13.8 Å². The minimum atomic E-state index is -1.21. The number of nitrogens with zero attached hydrogens (tertiary/aromatic N) is 2. The Bertz CT molecular complexity index is 1310. The van der Waals surface area contributed by atoms with Gasteiger partial charge in [0.2, 0.25) is 5.43 Å². The smallest absolute Gasteiger partial charge is 0.274 e. The van der Waals surface area contributed by atoms with Gasteiger partial charge < -0.3 is 29.4 Å². The topological polar surface area (TPSA) is 110 Å². The van der Waals surface area contributed by atoms with Gasteiger partial charge in [0.1, 0.15) is 29.1 Å². The molecule has 5 rings (SSSR count). The largest absolute Gasteiger partial charge is 0.503 e. The number of carbonyl (C=O) groups is 2. The number of hydrogen-bond acceptors (Lipinski definition) is 6. The number of fused-ring (bicyclic) bond motifs is 5. The van der Waals surface area contributed by atoms with E-state index in [0.29, 0.717) is 31.6 Å². The Morgan fingerprint density at radius 1 is 1.22 bits per heavy atom. The SMILES string of the molecule is C[C@@H]1CO[C@@]2(CC[C@H](C)N3C[C@H]2n2cc(C(=O)NCc4c(F)cc(F)cc4F)c(=O)c(O)c2C3=O)O1. The number of carbonyl (C=O) groups excluding carboxylic acids is 2. The van der Waals surface area contributed by atoms with E-state index in [1.54, 1.807) is 4.90 Å². The van der Waals surface area contributed by atoms with Crippen molar-refractivity contribution < 1.29 is 37.3 Å². The van der Waals surface area contributed by atoms with Gasteiger partial charge in [-0.05, 0) is 20.3 Å². The van der Waals surface area contributed by atoms with Gasteiger partial charge >= 0.3 is 0 Å². The summed E-state index contributed by atoms with van der Waals surface area (Å²) in [4.78, 5) is 40.6. The molecule has 0 radical (unpaired) electrons. The lowest BCUT2D eigenvalue weighted by Crippen LogP contribution is -2.52. The summed E-state index contributed by atoms with van der Waals surface area (Å²) in [5.74, 6) is -7.20. The molecule has 2 aromatic rings. The van der Waals surface area contributed by atoms with Gasteiger partial charge in [0.05, 0.1) is 12.7 Å². The van der Waals surface area contributed by atoms with Crippen LogP contribution in [-0.4, -0.2) is 57.5 Å². The van der Waals surface area contributed by atoms with E-state index in [-0.39, 0.29) is 24.4 Å². The summed E-state index contributed by atoms with van der Waals surface area (Å²) in [6, 6.07) is 0.0483. The van der Waals surface area contributed by atoms with Gasteiger partial charge in [0.15, 0.2) is 17.2 Å². The van der Waals surface area contributed by atoms with E-state index in [9.17, 15) is 32.7 Å². The van der Waals surface area contributed by atoms with Crippen molar-refractivity contribution in [2.45, 2.75) is 57.2 Å². The zero-order valence-electron chi connectivity index (χ0n) is 19.5. The van der Waals surface area contributed by atoms with Crippen molar-refractivity contribution in [2.75, 3.05) is 13.2 Å². The molecule has 36 heavy (non-hydrogen) atoms. The van der Waals surface area contributed by atoms with E-state index < -0.39 is 69.9 Å². The molecule has 12 heteroatoms. The van der Waals surface area contributed by atoms with Crippen LogP contribution in [0.5, 0.6) is 5.75 Å². The number of pyridine rings is 1. The number of rotatable bonds is 3. The van der Waals surface area contributed by atoms with Gasteiger partial charge in [-0.15, -0.1) is 0 Å². The maximum absolute atomic E-state index is 14.0. The van der Waals surface area contributed by atoms with Crippen molar-refractivity contribution in [1.82, 2.24) is 14.8 Å². The number of amides is 2. The summed E-state index contributed by atoms with van der Waals surface area (Å²) in [6.45, 7) is 3.48. The molecule has 9 nitrogen and oxygen atoms in total. The third-order valence-electron chi connectivity index (χ3n) is 7.07. The Hall–Kier alpha value is -3.38. The zero-order valence-corrected chi connectivity index (χ0v) is 19.5. The average molecular weight is 507 g/mol. The lowest BCUT2D eigenvalue weighted by molar-refractivity contribution is -0.201. The molecule has 2 amide bonds. The van der Waals surface area contributed by atoms with Gasteiger partial charge in [-0.25, -0.2) is 13.2 Å². The zero-order chi connectivity index (χ0) is 25.9. The van der Waals surface area contributed by atoms with Crippen LogP contribution in [0.2, 0.25) is 0 Å². The molecular weight excluding hydrogens is 483 g/mol. The first kappa shape index (κ1) is 24.3. The average Bonchev–Trinajstić information content (AvgIpc) is 3.14. The van der Waals surface area contributed by atoms with Crippen LogP contribution in [0.3, 0.4) is 0 Å². The summed E-state index contributed by atoms with van der Waals surface area (Å²) >= 11 is 0. The molecule has 0 aliphatic carbocycles. The number of aromatic nitrogens is 1. The fraction of sp³-hybridized carbons (Fsp3) is 0.458. The first-order chi connectivity index (χ1) is 17.0. The summed E-state index contributed by atoms with van der Waals surface area (Å²) in [5, 5.41) is 13.0. The van der Waals surface area contributed by atoms with E-state index >= 15 is 0 Å². The summed E-state index contributed by atoms with van der Waals surface area (Å²) in [5.41, 5.74) is -2.55. The molecule has 1 aromatic carbocycles. The molecule has 0 unspecified atom stereocenters. The molecule has 2 saturated heterocycles. The lowest BCUT2D eigenvalue weighted by atomic mass is 9.99. The highest BCUT2D eigenvalue weighted by Crippen LogP contribution is 2.45. The first-order valence-corrected chi connectivity index (χ1v) is 11.5. The van der Waals surface area contributed by atoms with Crippen molar-refractivity contribution in [1.29, 1.82) is 0 Å². The Morgan fingerprint density at radius 3 is 2.56 bits per heavy atom. The minimum absolute atomic E-state index is 0.162. The van der Waals surface area contributed by atoms with Crippen LogP contribution < -0.4 is 10.7 Å². The molecule has 0 saturated carbocycles. The molecule has 3 aliphatic heterocycles. The number of ether oxygens (including phenoxy) is 2. The van der Waals surface area contributed by atoms with Crippen LogP contribution in [0.25, 0.3) is 0 Å². The van der Waals surface area contributed by atoms with E-state index in [1.165, 1.54) is 4.57 Å². The van der Waals surface area contributed by atoms with Gasteiger partial charge in [-0.2, -0.15) is 0 Å². The highest BCUT2D eigenvalue weighted by Gasteiger charge is 2.54. The van der Waals surface area contributed by atoms with E-state index in [2.05, 4.69) is 5.32 Å². The number of halogens is 3. The Balaban J connectivity index is 1.55. The first-order valence-electron chi connectivity index (χ1n) is 11.5. The van der Waals surface area contributed by atoms with Crippen molar-refractivity contribution in [3.05, 3.63) is 62.8 Å². The normalized spacial score (nSPS) is 27.2. The fourth-order valence-electron chi connectivity index (χ4n) is 5.17. The van der Waals surface area contributed by atoms with Crippen LogP contribution in [-0.2, 0) is 16.0 Å². The molecule has 2 N–H and O–H groups in total. The van der Waals surface area contributed by atoms with Gasteiger partial charge in [-0.3, -0.25) is 14.4 Å². The number of benzene rings is 1. The lowest BCUT2D eigenvalue weighted by Gasteiger charge is -2.42. The van der Waals surface area contributed by atoms with E-state index in [4.69, 9.17) is 9.47 Å². The van der Waals surface area contributed by atoms with Crippen LogP contribution in [0, 0.1) is 17.5 Å². The van der Waals surface area contributed by atoms with Gasteiger partial charge in [-0.1, -0.05) is 0 Å². The Labute approximate surface area is 203 Å². The Kier molecular flexibility index (Phi) is 5.83. The maximum atomic E-state index is 14.0. The monoisotopic (exact) mass is 507 g/mol. The Morgan fingerprint density at radius 2 is 1.92 bits per heavy atom. The summed E-state index contributed by atoms with van der Waals surface area (Å²) in [7, 11) is 0. The molecule has 1 aromatic heterocycles. The highest BCUT2D eigenvalue weighted by molar-refractivity contribution is 5.99. The molecule has 2 fully saturated rings. The van der Waals surface area contributed by atoms with Crippen molar-refractivity contribution >= 4 is 11.8 Å². The second-order valence-electron chi connectivity index (χ2n) is 9.42. The summed E-state index contributed by atoms with van der Waals surface area (Å²) in [6.07, 6.45) is 1.89. The molecule has 1 spiro atoms. The van der Waals surface area contributed by atoms with Gasteiger partial charge in [0, 0.05) is 49.4 Å². The second kappa shape index (κ2) is 8.63. The molecule has 3 aliphatic rings. The molecule has 192 valence electrons. The van der Waals surface area contributed by atoms with Crippen LogP contribution in [0.1, 0.15) is 59.1 Å². The second-order valence-corrected chi connectivity index (χ2v) is 9.42. The third-order valence-corrected chi connectivity index (χ3v) is 7.07. The van der Waals surface area contributed by atoms with Gasteiger partial charge in [0.25, 0.3) is 11.8 Å². The maximum Gasteiger partial charge on any atom is 0.274 e. The van der Waals surface area contributed by atoms with Crippen molar-refractivity contribution in [3.8, 4) is 5.75 Å². The number of nitrogens with one attached hydrogen (secondary N) is 1. The van der Waals surface area contributed by atoms with Crippen LogP contribution in [0.4, 0.5) is 13.2 Å². The predicted molar refractivity (Wildman–Crippen MR) is 118 cm³/mol. The van der Waals surface area contributed by atoms with Crippen molar-refractivity contribution in [2.24, 2.45) is 0 Å². The number of aromatic hydroxyl groups is 1. The van der Waals surface area contributed by atoms with Crippen LogP contribution in [0.15, 0.2) is 23.1 Å². The van der Waals surface area contributed by atoms with E-state index in [0.717, 1.165) is 6.20 Å². The third kappa shape index (κ3) is 3.75. The highest BCUT2D eigenvalue weighted by atomic mass is 19.1. The minimum Gasteiger partial charge on any atom is -0.503 e. The fourth-order valence-corrected chi connectivity index (χ4v) is 5.17. The molecule has 4 heterocycles. The molecule has 4 atom stereocenters. The molecule has 2 bridgehead atoms. The summed E-state index contributed by atoms with van der Waals surface area (Å²) < 4.78 is 54.7. The quantitative estimate of drug-likeness (QED) is 0.660. The predicted octanol–water partition coefficient (Wildman–Crippen LogP) is 2.21. The molecular formula is C24H24F3N3O6. The number of hydrogen-bond donors (Lipinski definition) is 2.